The molecule has 0 aromatic heterocycles. The Morgan fingerprint density at radius 2 is 1.33 bits per heavy atom. The minimum absolute atomic E-state index is 0.781. The Kier molecular flexibility index (Phi) is 10.4. The zero-order valence-corrected chi connectivity index (χ0v) is 11.1. The Hall–Kier alpha value is -0.0800. The van der Waals surface area contributed by atoms with E-state index in [9.17, 15) is 0 Å². The Labute approximate surface area is 96.2 Å². The molecule has 1 saturated heterocycles. The highest BCUT2D eigenvalue weighted by Crippen LogP contribution is 1.96. The quantitative estimate of drug-likeness (QED) is 0.752. The monoisotopic (exact) mass is 214 g/mol. The molecule has 2 heteroatoms. The van der Waals surface area contributed by atoms with Gasteiger partial charge in [0.25, 0.3) is 0 Å². The molecule has 0 aliphatic carbocycles. The molecule has 0 atom stereocenters. The first-order chi connectivity index (χ1) is 7.13. The lowest BCUT2D eigenvalue weighted by Crippen LogP contribution is -2.23. The summed E-state index contributed by atoms with van der Waals surface area (Å²) in [5, 5.41) is 6.67. The standard InChI is InChI=1S/C8H19N.C5H11N/c1-7(2)5-9-6-8(3)4;1-2-4-6-5-3-1/h7-9H,5-6H2,1-4H3;6H,1-5H2. The van der Waals surface area contributed by atoms with Gasteiger partial charge in [0.15, 0.2) is 0 Å². The lowest BCUT2D eigenvalue weighted by Gasteiger charge is -2.08. The molecule has 2 N–H and O–H groups in total. The van der Waals surface area contributed by atoms with Crippen LogP contribution in [0, 0.1) is 11.8 Å². The van der Waals surface area contributed by atoms with Crippen molar-refractivity contribution in [3.05, 3.63) is 0 Å². The van der Waals surface area contributed by atoms with Crippen molar-refractivity contribution in [2.75, 3.05) is 26.2 Å². The molecule has 0 spiro atoms. The highest BCUT2D eigenvalue weighted by molar-refractivity contribution is 4.55. The molecule has 0 saturated carbocycles. The van der Waals surface area contributed by atoms with Crippen LogP contribution in [-0.2, 0) is 0 Å². The smallest absolute Gasteiger partial charge is 0.00257 e. The van der Waals surface area contributed by atoms with Gasteiger partial charge in [-0.1, -0.05) is 34.1 Å². The maximum absolute atomic E-state index is 3.38. The van der Waals surface area contributed by atoms with Crippen molar-refractivity contribution in [1.29, 1.82) is 0 Å². The third-order valence-electron chi connectivity index (χ3n) is 2.31. The maximum atomic E-state index is 3.38. The number of rotatable bonds is 4. The van der Waals surface area contributed by atoms with Crippen LogP contribution in [0.1, 0.15) is 47.0 Å². The molecule has 92 valence electrons. The summed E-state index contributed by atoms with van der Waals surface area (Å²) in [5.74, 6) is 1.56. The lowest BCUT2D eigenvalue weighted by atomic mass is 10.2. The summed E-state index contributed by atoms with van der Waals surface area (Å²) in [5.41, 5.74) is 0. The summed E-state index contributed by atoms with van der Waals surface area (Å²) < 4.78 is 0. The number of nitrogens with one attached hydrogen (secondary N) is 2. The van der Waals surface area contributed by atoms with Crippen molar-refractivity contribution >= 4 is 0 Å². The van der Waals surface area contributed by atoms with Gasteiger partial charge in [-0.3, -0.25) is 0 Å². The van der Waals surface area contributed by atoms with Gasteiger partial charge in [-0.05, 0) is 50.9 Å². The normalized spacial score (nSPS) is 16.4. The Bertz CT molecular complexity index is 98.2. The second-order valence-corrected chi connectivity index (χ2v) is 5.26. The van der Waals surface area contributed by atoms with E-state index < -0.39 is 0 Å². The Balaban J connectivity index is 0.000000280. The molecule has 0 amide bonds. The summed E-state index contributed by atoms with van der Waals surface area (Å²) >= 11 is 0. The number of hydrogen-bond donors (Lipinski definition) is 2. The van der Waals surface area contributed by atoms with E-state index in [-0.39, 0.29) is 0 Å². The Morgan fingerprint density at radius 3 is 1.53 bits per heavy atom. The highest BCUT2D eigenvalue weighted by Gasteiger charge is 1.94. The van der Waals surface area contributed by atoms with Crippen LogP contribution < -0.4 is 10.6 Å². The molecule has 0 unspecified atom stereocenters. The summed E-state index contributed by atoms with van der Waals surface area (Å²) in [4.78, 5) is 0. The molecular formula is C13H30N2. The van der Waals surface area contributed by atoms with Gasteiger partial charge in [-0.2, -0.15) is 0 Å². The molecule has 0 bridgehead atoms. The number of piperidine rings is 1. The van der Waals surface area contributed by atoms with Gasteiger partial charge in [-0.25, -0.2) is 0 Å². The minimum Gasteiger partial charge on any atom is -0.317 e. The van der Waals surface area contributed by atoms with Crippen molar-refractivity contribution in [3.8, 4) is 0 Å². The predicted octanol–water partition coefficient (Wildman–Crippen LogP) is 2.65. The van der Waals surface area contributed by atoms with Crippen LogP contribution in [0.4, 0.5) is 0 Å². The van der Waals surface area contributed by atoms with Gasteiger partial charge in [0.1, 0.15) is 0 Å². The summed E-state index contributed by atoms with van der Waals surface area (Å²) in [6.45, 7) is 13.7. The minimum atomic E-state index is 0.781. The van der Waals surface area contributed by atoms with Crippen LogP contribution in [0.5, 0.6) is 0 Å². The molecule has 0 aromatic carbocycles. The summed E-state index contributed by atoms with van der Waals surface area (Å²) in [6.07, 6.45) is 4.22. The predicted molar refractivity (Wildman–Crippen MR) is 69.3 cm³/mol. The highest BCUT2D eigenvalue weighted by atomic mass is 14.9. The molecule has 1 aliphatic rings. The maximum Gasteiger partial charge on any atom is -0.00257 e. The number of hydrogen-bond acceptors (Lipinski definition) is 2. The van der Waals surface area contributed by atoms with Crippen molar-refractivity contribution < 1.29 is 0 Å². The molecule has 1 heterocycles. The fourth-order valence-corrected chi connectivity index (χ4v) is 1.46. The van der Waals surface area contributed by atoms with Gasteiger partial charge >= 0.3 is 0 Å². The molecule has 1 rings (SSSR count). The van der Waals surface area contributed by atoms with Gasteiger partial charge in [-0.15, -0.1) is 0 Å². The fourth-order valence-electron chi connectivity index (χ4n) is 1.46. The summed E-state index contributed by atoms with van der Waals surface area (Å²) in [7, 11) is 0. The largest absolute Gasteiger partial charge is 0.317 e. The van der Waals surface area contributed by atoms with E-state index in [0.29, 0.717) is 0 Å². The molecular weight excluding hydrogens is 184 g/mol. The van der Waals surface area contributed by atoms with E-state index in [1.807, 2.05) is 0 Å². The van der Waals surface area contributed by atoms with Crippen molar-refractivity contribution in [2.45, 2.75) is 47.0 Å². The van der Waals surface area contributed by atoms with Crippen LogP contribution in [0.2, 0.25) is 0 Å². The van der Waals surface area contributed by atoms with Crippen LogP contribution >= 0.6 is 0 Å². The van der Waals surface area contributed by atoms with Gasteiger partial charge in [0.2, 0.25) is 0 Å². The van der Waals surface area contributed by atoms with Crippen molar-refractivity contribution in [3.63, 3.8) is 0 Å². The van der Waals surface area contributed by atoms with E-state index in [2.05, 4.69) is 38.3 Å². The van der Waals surface area contributed by atoms with E-state index in [1.54, 1.807) is 0 Å². The van der Waals surface area contributed by atoms with E-state index in [0.717, 1.165) is 24.9 Å². The molecule has 0 aromatic rings. The first kappa shape index (κ1) is 14.9. The van der Waals surface area contributed by atoms with Crippen LogP contribution in [-0.4, -0.2) is 26.2 Å². The van der Waals surface area contributed by atoms with Crippen molar-refractivity contribution in [1.82, 2.24) is 10.6 Å². The molecule has 15 heavy (non-hydrogen) atoms. The van der Waals surface area contributed by atoms with E-state index in [4.69, 9.17) is 0 Å². The van der Waals surface area contributed by atoms with E-state index >= 15 is 0 Å². The first-order valence-corrected chi connectivity index (χ1v) is 6.54. The summed E-state index contributed by atoms with van der Waals surface area (Å²) in [6, 6.07) is 0. The third-order valence-corrected chi connectivity index (χ3v) is 2.31. The van der Waals surface area contributed by atoms with Crippen LogP contribution in [0.3, 0.4) is 0 Å². The third kappa shape index (κ3) is 13.9. The fraction of sp³-hybridized carbons (Fsp3) is 1.00. The molecule has 0 radical (unpaired) electrons. The van der Waals surface area contributed by atoms with Gasteiger partial charge in [0, 0.05) is 0 Å². The lowest BCUT2D eigenvalue weighted by molar-refractivity contribution is 0.497. The second kappa shape index (κ2) is 10.4. The SMILES string of the molecule is C1CCNCC1.CC(C)CNCC(C)C. The molecule has 1 aliphatic heterocycles. The van der Waals surface area contributed by atoms with Crippen molar-refractivity contribution in [2.24, 2.45) is 11.8 Å². The Morgan fingerprint density at radius 1 is 0.867 bits per heavy atom. The van der Waals surface area contributed by atoms with Crippen LogP contribution in [0.15, 0.2) is 0 Å². The second-order valence-electron chi connectivity index (χ2n) is 5.26. The average molecular weight is 214 g/mol. The molecule has 2 nitrogen and oxygen atoms in total. The first-order valence-electron chi connectivity index (χ1n) is 6.54. The van der Waals surface area contributed by atoms with Gasteiger partial charge < -0.3 is 10.6 Å². The zero-order chi connectivity index (χ0) is 11.5. The molecule has 1 fully saturated rings. The topological polar surface area (TPSA) is 24.1 Å². The van der Waals surface area contributed by atoms with Crippen LogP contribution in [0.25, 0.3) is 0 Å². The van der Waals surface area contributed by atoms with Gasteiger partial charge in [0.05, 0.1) is 0 Å². The van der Waals surface area contributed by atoms with E-state index in [1.165, 1.54) is 32.4 Å². The average Bonchev–Trinajstić information content (AvgIpc) is 2.20. The zero-order valence-electron chi connectivity index (χ0n) is 11.1.